The number of likely N-dealkylation sites (N-methyl/N-ethyl adjacent to an activating group) is 2. The smallest absolute Gasteiger partial charge is 0.240 e. The van der Waals surface area contributed by atoms with E-state index in [0.29, 0.717) is 13.1 Å². The Morgan fingerprint density at radius 1 is 1.29 bits per heavy atom. The van der Waals surface area contributed by atoms with E-state index in [1.54, 1.807) is 0 Å². The largest absolute Gasteiger partial charge is 0.355 e. The molecule has 0 aliphatic carbocycles. The summed E-state index contributed by atoms with van der Waals surface area (Å²) in [6.07, 6.45) is 0.853. The van der Waals surface area contributed by atoms with E-state index >= 15 is 0 Å². The van der Waals surface area contributed by atoms with Crippen molar-refractivity contribution in [3.05, 3.63) is 0 Å². The molecule has 0 aromatic heterocycles. The second-order valence-corrected chi connectivity index (χ2v) is 4.22. The molecule has 0 bridgehead atoms. The third-order valence-electron chi connectivity index (χ3n) is 2.94. The summed E-state index contributed by atoms with van der Waals surface area (Å²) >= 11 is 0. The van der Waals surface area contributed by atoms with Crippen LogP contribution in [-0.2, 0) is 9.59 Å². The van der Waals surface area contributed by atoms with Crippen LogP contribution in [0.25, 0.3) is 0 Å². The third kappa shape index (κ3) is 5.17. The van der Waals surface area contributed by atoms with Crippen LogP contribution in [0.5, 0.6) is 0 Å². The highest BCUT2D eigenvalue weighted by molar-refractivity contribution is 5.87. The average Bonchev–Trinajstić information content (AvgIpc) is 2.33. The van der Waals surface area contributed by atoms with Gasteiger partial charge in [-0.25, -0.2) is 0 Å². The number of carbonyl (C=O) groups is 2. The highest BCUT2D eigenvalue weighted by Gasteiger charge is 2.25. The number of carbonyl (C=O) groups excluding carboxylic acids is 2. The summed E-state index contributed by atoms with van der Waals surface area (Å²) in [5, 5.41) is 2.67. The van der Waals surface area contributed by atoms with E-state index in [2.05, 4.69) is 5.32 Å². The van der Waals surface area contributed by atoms with Crippen LogP contribution in [0.4, 0.5) is 0 Å². The first kappa shape index (κ1) is 15.9. The molecule has 0 aliphatic heterocycles. The molecule has 5 heteroatoms. The van der Waals surface area contributed by atoms with Crippen molar-refractivity contribution in [1.82, 2.24) is 10.2 Å². The van der Waals surface area contributed by atoms with Crippen LogP contribution in [0.2, 0.25) is 0 Å². The van der Waals surface area contributed by atoms with Gasteiger partial charge < -0.3 is 16.0 Å². The molecular weight excluding hydrogens is 218 g/mol. The van der Waals surface area contributed by atoms with Crippen molar-refractivity contribution in [2.45, 2.75) is 40.2 Å². The second-order valence-electron chi connectivity index (χ2n) is 4.22. The molecule has 0 aromatic rings. The standard InChI is InChI=1S/C12H25N3O2/c1-5-9(4)11(13)12(17)15(7-3)8-10(16)14-6-2/h9,11H,5-8,13H2,1-4H3,(H,14,16)/t9?,11-/m0/s1. The summed E-state index contributed by atoms with van der Waals surface area (Å²) in [4.78, 5) is 25.0. The van der Waals surface area contributed by atoms with Gasteiger partial charge in [-0.1, -0.05) is 20.3 Å². The maximum Gasteiger partial charge on any atom is 0.240 e. The molecule has 0 aromatic carbocycles. The Bertz CT molecular complexity index is 256. The van der Waals surface area contributed by atoms with E-state index in [4.69, 9.17) is 5.73 Å². The number of rotatable bonds is 7. The molecular formula is C12H25N3O2. The Morgan fingerprint density at radius 3 is 2.29 bits per heavy atom. The lowest BCUT2D eigenvalue weighted by molar-refractivity contribution is -0.137. The Morgan fingerprint density at radius 2 is 1.88 bits per heavy atom. The second kappa shape index (κ2) is 8.06. The molecule has 0 radical (unpaired) electrons. The zero-order valence-electron chi connectivity index (χ0n) is 11.3. The number of hydrogen-bond donors (Lipinski definition) is 2. The predicted octanol–water partition coefficient (Wildman–Crippen LogP) is 0.344. The van der Waals surface area contributed by atoms with E-state index in [-0.39, 0.29) is 24.3 Å². The van der Waals surface area contributed by atoms with Gasteiger partial charge in [0.05, 0.1) is 12.6 Å². The fourth-order valence-corrected chi connectivity index (χ4v) is 1.48. The van der Waals surface area contributed by atoms with E-state index < -0.39 is 6.04 Å². The van der Waals surface area contributed by atoms with Crippen LogP contribution >= 0.6 is 0 Å². The van der Waals surface area contributed by atoms with Gasteiger partial charge in [0, 0.05) is 13.1 Å². The van der Waals surface area contributed by atoms with E-state index in [1.807, 2.05) is 27.7 Å². The average molecular weight is 243 g/mol. The quantitative estimate of drug-likeness (QED) is 0.677. The molecule has 2 atom stereocenters. The third-order valence-corrected chi connectivity index (χ3v) is 2.94. The molecule has 0 saturated heterocycles. The SMILES string of the molecule is CCNC(=O)CN(CC)C(=O)[C@@H](N)C(C)CC. The molecule has 0 aliphatic rings. The Balaban J connectivity index is 4.44. The predicted molar refractivity (Wildman–Crippen MR) is 68.4 cm³/mol. The Labute approximate surface area is 104 Å². The molecule has 1 unspecified atom stereocenters. The molecule has 100 valence electrons. The summed E-state index contributed by atoms with van der Waals surface area (Å²) in [7, 11) is 0. The van der Waals surface area contributed by atoms with Crippen LogP contribution < -0.4 is 11.1 Å². The molecule has 0 saturated carbocycles. The van der Waals surface area contributed by atoms with Gasteiger partial charge in [0.1, 0.15) is 0 Å². The van der Waals surface area contributed by atoms with Crippen molar-refractivity contribution >= 4 is 11.8 Å². The first-order valence-electron chi connectivity index (χ1n) is 6.28. The molecule has 17 heavy (non-hydrogen) atoms. The van der Waals surface area contributed by atoms with E-state index in [0.717, 1.165) is 6.42 Å². The van der Waals surface area contributed by atoms with Crippen LogP contribution in [0.3, 0.4) is 0 Å². The summed E-state index contributed by atoms with van der Waals surface area (Å²) in [5.41, 5.74) is 5.87. The summed E-state index contributed by atoms with van der Waals surface area (Å²) < 4.78 is 0. The van der Waals surface area contributed by atoms with Gasteiger partial charge in [-0.15, -0.1) is 0 Å². The molecule has 0 fully saturated rings. The maximum absolute atomic E-state index is 12.0. The lowest BCUT2D eigenvalue weighted by atomic mass is 9.99. The number of amides is 2. The van der Waals surface area contributed by atoms with Gasteiger partial charge in [-0.05, 0) is 19.8 Å². The fourth-order valence-electron chi connectivity index (χ4n) is 1.48. The lowest BCUT2D eigenvalue weighted by Crippen LogP contribution is -2.50. The van der Waals surface area contributed by atoms with Gasteiger partial charge in [0.2, 0.25) is 11.8 Å². The Kier molecular flexibility index (Phi) is 7.54. The van der Waals surface area contributed by atoms with E-state index in [9.17, 15) is 9.59 Å². The molecule has 3 N–H and O–H groups in total. The van der Waals surface area contributed by atoms with Gasteiger partial charge in [-0.2, -0.15) is 0 Å². The molecule has 0 heterocycles. The van der Waals surface area contributed by atoms with Crippen molar-refractivity contribution in [2.24, 2.45) is 11.7 Å². The van der Waals surface area contributed by atoms with Crippen molar-refractivity contribution in [3.8, 4) is 0 Å². The maximum atomic E-state index is 12.0. The van der Waals surface area contributed by atoms with Crippen molar-refractivity contribution in [1.29, 1.82) is 0 Å². The number of nitrogens with one attached hydrogen (secondary N) is 1. The first-order chi connectivity index (χ1) is 7.97. The van der Waals surface area contributed by atoms with Crippen molar-refractivity contribution in [2.75, 3.05) is 19.6 Å². The lowest BCUT2D eigenvalue weighted by Gasteiger charge is -2.26. The number of nitrogens with two attached hydrogens (primary N) is 1. The zero-order valence-corrected chi connectivity index (χ0v) is 11.3. The normalized spacial score (nSPS) is 13.9. The van der Waals surface area contributed by atoms with Crippen LogP contribution in [0, 0.1) is 5.92 Å². The summed E-state index contributed by atoms with van der Waals surface area (Å²) in [5.74, 6) is -0.155. The minimum atomic E-state index is -0.519. The number of nitrogens with zero attached hydrogens (tertiary/aromatic N) is 1. The fraction of sp³-hybridized carbons (Fsp3) is 0.833. The minimum absolute atomic E-state index is 0.0906. The highest BCUT2D eigenvalue weighted by atomic mass is 16.2. The zero-order chi connectivity index (χ0) is 13.4. The molecule has 2 amide bonds. The molecule has 0 spiro atoms. The van der Waals surface area contributed by atoms with Crippen LogP contribution in [-0.4, -0.2) is 42.4 Å². The highest BCUT2D eigenvalue weighted by Crippen LogP contribution is 2.08. The van der Waals surface area contributed by atoms with E-state index in [1.165, 1.54) is 4.90 Å². The van der Waals surface area contributed by atoms with Crippen molar-refractivity contribution in [3.63, 3.8) is 0 Å². The van der Waals surface area contributed by atoms with Crippen LogP contribution in [0.1, 0.15) is 34.1 Å². The first-order valence-corrected chi connectivity index (χ1v) is 6.28. The monoisotopic (exact) mass is 243 g/mol. The molecule has 0 rings (SSSR count). The Hall–Kier alpha value is -1.10. The summed E-state index contributed by atoms with van der Waals surface area (Å²) in [6, 6.07) is -0.519. The number of hydrogen-bond acceptors (Lipinski definition) is 3. The molecule has 5 nitrogen and oxygen atoms in total. The van der Waals surface area contributed by atoms with Crippen molar-refractivity contribution < 1.29 is 9.59 Å². The minimum Gasteiger partial charge on any atom is -0.355 e. The van der Waals surface area contributed by atoms with Gasteiger partial charge in [-0.3, -0.25) is 9.59 Å². The van der Waals surface area contributed by atoms with Gasteiger partial charge in [0.15, 0.2) is 0 Å². The van der Waals surface area contributed by atoms with Gasteiger partial charge >= 0.3 is 0 Å². The summed E-state index contributed by atoms with van der Waals surface area (Å²) in [6.45, 7) is 8.80. The van der Waals surface area contributed by atoms with Gasteiger partial charge in [0.25, 0.3) is 0 Å². The van der Waals surface area contributed by atoms with Crippen LogP contribution in [0.15, 0.2) is 0 Å². The topological polar surface area (TPSA) is 75.4 Å².